The first-order chi connectivity index (χ1) is 9.49. The van der Waals surface area contributed by atoms with Gasteiger partial charge in [-0.3, -0.25) is 9.89 Å². The Morgan fingerprint density at radius 1 is 1.45 bits per heavy atom. The fourth-order valence-electron chi connectivity index (χ4n) is 3.91. The van der Waals surface area contributed by atoms with E-state index in [1.165, 1.54) is 0 Å². The largest absolute Gasteiger partial charge is 0.385 e. The van der Waals surface area contributed by atoms with Gasteiger partial charge in [-0.25, -0.2) is 0 Å². The predicted molar refractivity (Wildman–Crippen MR) is 73.9 cm³/mol. The molecule has 0 aliphatic heterocycles. The standard InChI is InChI=1S/C14H14ClN3O2/c15-6-1-10(9-5-17-18-11(9)2-6)14(20)3-7-8(4-14)12(7)13(16)19/h1-2,5,7-8,12,20H,3-4H2,(H2,16,19)(H,17,18)/t7-,8+,12+,14-. The molecule has 0 spiro atoms. The van der Waals surface area contributed by atoms with E-state index in [1.807, 2.05) is 0 Å². The van der Waals surface area contributed by atoms with Crippen LogP contribution in [0.3, 0.4) is 0 Å². The third kappa shape index (κ3) is 1.53. The average molecular weight is 292 g/mol. The first-order valence-electron chi connectivity index (χ1n) is 6.64. The van der Waals surface area contributed by atoms with Gasteiger partial charge in [0.25, 0.3) is 0 Å². The second-order valence-corrected chi connectivity index (χ2v) is 6.42. The van der Waals surface area contributed by atoms with Crippen LogP contribution in [0.4, 0.5) is 0 Å². The monoisotopic (exact) mass is 291 g/mol. The molecule has 0 unspecified atom stereocenters. The van der Waals surface area contributed by atoms with Crippen LogP contribution in [-0.2, 0) is 10.4 Å². The Kier molecular flexibility index (Phi) is 2.28. The molecular weight excluding hydrogens is 278 g/mol. The lowest BCUT2D eigenvalue weighted by Gasteiger charge is -2.27. The van der Waals surface area contributed by atoms with E-state index in [0.29, 0.717) is 17.9 Å². The van der Waals surface area contributed by atoms with E-state index >= 15 is 0 Å². The van der Waals surface area contributed by atoms with Crippen molar-refractivity contribution in [1.29, 1.82) is 0 Å². The Labute approximate surface area is 120 Å². The Hall–Kier alpha value is -1.59. The van der Waals surface area contributed by atoms with Crippen LogP contribution in [-0.4, -0.2) is 21.2 Å². The molecule has 0 saturated heterocycles. The molecule has 1 aromatic carbocycles. The zero-order valence-corrected chi connectivity index (χ0v) is 11.4. The van der Waals surface area contributed by atoms with Gasteiger partial charge in [0.15, 0.2) is 0 Å². The van der Waals surface area contributed by atoms with Gasteiger partial charge in [-0.1, -0.05) is 11.6 Å². The highest BCUT2D eigenvalue weighted by Gasteiger charge is 2.64. The number of H-pyrrole nitrogens is 1. The van der Waals surface area contributed by atoms with Gasteiger partial charge in [-0.05, 0) is 42.4 Å². The number of nitrogens with two attached hydrogens (primary N) is 1. The van der Waals surface area contributed by atoms with E-state index in [2.05, 4.69) is 10.2 Å². The van der Waals surface area contributed by atoms with E-state index < -0.39 is 5.60 Å². The van der Waals surface area contributed by atoms with Gasteiger partial charge in [0.1, 0.15) is 0 Å². The molecule has 4 rings (SSSR count). The minimum Gasteiger partial charge on any atom is -0.385 e. The van der Waals surface area contributed by atoms with E-state index in [-0.39, 0.29) is 23.7 Å². The summed E-state index contributed by atoms with van der Waals surface area (Å²) < 4.78 is 0. The van der Waals surface area contributed by atoms with Gasteiger partial charge in [0.2, 0.25) is 5.91 Å². The number of carbonyl (C=O) groups excluding carboxylic acids is 1. The number of benzene rings is 1. The highest BCUT2D eigenvalue weighted by atomic mass is 35.5. The summed E-state index contributed by atoms with van der Waals surface area (Å²) >= 11 is 6.11. The van der Waals surface area contributed by atoms with Gasteiger partial charge >= 0.3 is 0 Å². The number of amides is 1. The molecule has 6 heteroatoms. The Morgan fingerprint density at radius 3 is 2.80 bits per heavy atom. The molecule has 0 bridgehead atoms. The second kappa shape index (κ2) is 3.74. The maximum absolute atomic E-state index is 11.3. The summed E-state index contributed by atoms with van der Waals surface area (Å²) in [7, 11) is 0. The second-order valence-electron chi connectivity index (χ2n) is 5.98. The molecule has 2 fully saturated rings. The maximum Gasteiger partial charge on any atom is 0.221 e. The minimum atomic E-state index is -0.936. The molecule has 1 heterocycles. The molecule has 0 radical (unpaired) electrons. The number of primary amides is 1. The number of aromatic amines is 1. The molecule has 5 nitrogen and oxygen atoms in total. The van der Waals surface area contributed by atoms with Crippen molar-refractivity contribution >= 4 is 28.4 Å². The summed E-state index contributed by atoms with van der Waals surface area (Å²) in [6, 6.07) is 3.59. The topological polar surface area (TPSA) is 92.0 Å². The summed E-state index contributed by atoms with van der Waals surface area (Å²) in [5, 5.41) is 19.3. The summed E-state index contributed by atoms with van der Waals surface area (Å²) in [5.74, 6) is 0.104. The fourth-order valence-corrected chi connectivity index (χ4v) is 4.13. The van der Waals surface area contributed by atoms with Crippen molar-refractivity contribution in [2.24, 2.45) is 23.5 Å². The molecule has 2 aliphatic rings. The Morgan fingerprint density at radius 2 is 2.15 bits per heavy atom. The van der Waals surface area contributed by atoms with Crippen molar-refractivity contribution in [3.63, 3.8) is 0 Å². The van der Waals surface area contributed by atoms with Crippen molar-refractivity contribution < 1.29 is 9.90 Å². The number of hydrogen-bond acceptors (Lipinski definition) is 3. The highest BCUT2D eigenvalue weighted by molar-refractivity contribution is 6.31. The van der Waals surface area contributed by atoms with Gasteiger partial charge in [-0.15, -0.1) is 0 Å². The van der Waals surface area contributed by atoms with Crippen LogP contribution in [0.1, 0.15) is 18.4 Å². The number of hydrogen-bond donors (Lipinski definition) is 3. The Balaban J connectivity index is 1.74. The molecular formula is C14H14ClN3O2. The highest BCUT2D eigenvalue weighted by Crippen LogP contribution is 2.64. The lowest BCUT2D eigenvalue weighted by Crippen LogP contribution is -2.27. The normalized spacial score (nSPS) is 35.2. The SMILES string of the molecule is NC(=O)[C@H]1[C@@H]2C[C@](O)(c3cc(Cl)cc4[nH]ncc34)C[C@@H]21. The minimum absolute atomic E-state index is 0.0608. The van der Waals surface area contributed by atoms with Crippen LogP contribution in [0.2, 0.25) is 5.02 Å². The van der Waals surface area contributed by atoms with Crippen LogP contribution < -0.4 is 5.73 Å². The smallest absolute Gasteiger partial charge is 0.221 e. The van der Waals surface area contributed by atoms with Crippen LogP contribution in [0.15, 0.2) is 18.3 Å². The third-order valence-corrected chi connectivity index (χ3v) is 5.05. The number of aromatic nitrogens is 2. The molecule has 4 atom stereocenters. The summed E-state index contributed by atoms with van der Waals surface area (Å²) in [6.07, 6.45) is 2.83. The van der Waals surface area contributed by atoms with Crippen molar-refractivity contribution in [1.82, 2.24) is 10.2 Å². The molecule has 2 aromatic rings. The van der Waals surface area contributed by atoms with Crippen molar-refractivity contribution in [2.45, 2.75) is 18.4 Å². The first kappa shape index (κ1) is 12.2. The van der Waals surface area contributed by atoms with Crippen molar-refractivity contribution in [2.75, 3.05) is 0 Å². The summed E-state index contributed by atoms with van der Waals surface area (Å²) in [5.41, 5.74) is 6.03. The number of rotatable bonds is 2. The number of fused-ring (bicyclic) bond motifs is 2. The van der Waals surface area contributed by atoms with Crippen LogP contribution in [0.5, 0.6) is 0 Å². The number of halogens is 1. The first-order valence-corrected chi connectivity index (χ1v) is 7.02. The molecule has 4 N–H and O–H groups in total. The van der Waals surface area contributed by atoms with E-state index in [9.17, 15) is 9.90 Å². The van der Waals surface area contributed by atoms with E-state index in [0.717, 1.165) is 16.5 Å². The van der Waals surface area contributed by atoms with Crippen molar-refractivity contribution in [3.8, 4) is 0 Å². The predicted octanol–water partition coefficient (Wildman–Crippen LogP) is 1.55. The van der Waals surface area contributed by atoms with Crippen LogP contribution in [0, 0.1) is 17.8 Å². The van der Waals surface area contributed by atoms with Crippen LogP contribution >= 0.6 is 11.6 Å². The lowest BCUT2D eigenvalue weighted by atomic mass is 9.85. The van der Waals surface area contributed by atoms with E-state index in [1.54, 1.807) is 18.3 Å². The fraction of sp³-hybridized carbons (Fsp3) is 0.429. The summed E-state index contributed by atoms with van der Waals surface area (Å²) in [6.45, 7) is 0. The third-order valence-electron chi connectivity index (χ3n) is 4.83. The van der Waals surface area contributed by atoms with Gasteiger partial charge in [0, 0.05) is 16.3 Å². The molecule has 20 heavy (non-hydrogen) atoms. The Bertz CT molecular complexity index is 714. The van der Waals surface area contributed by atoms with Gasteiger partial charge in [-0.2, -0.15) is 5.10 Å². The summed E-state index contributed by atoms with van der Waals surface area (Å²) in [4.78, 5) is 11.3. The zero-order valence-electron chi connectivity index (χ0n) is 10.6. The number of carbonyl (C=O) groups is 1. The number of aliphatic hydroxyl groups is 1. The lowest BCUT2D eigenvalue weighted by molar-refractivity contribution is -0.120. The average Bonchev–Trinajstić information content (AvgIpc) is 2.75. The number of nitrogens with zero attached hydrogens (tertiary/aromatic N) is 1. The van der Waals surface area contributed by atoms with Crippen LogP contribution in [0.25, 0.3) is 10.9 Å². The molecule has 2 aliphatic carbocycles. The molecule has 1 aromatic heterocycles. The van der Waals surface area contributed by atoms with Gasteiger partial charge < -0.3 is 10.8 Å². The molecule has 2 saturated carbocycles. The van der Waals surface area contributed by atoms with Crippen molar-refractivity contribution in [3.05, 3.63) is 28.9 Å². The molecule has 1 amide bonds. The zero-order chi connectivity index (χ0) is 14.1. The molecule has 104 valence electrons. The maximum atomic E-state index is 11.3. The quantitative estimate of drug-likeness (QED) is 0.784. The number of nitrogens with one attached hydrogen (secondary N) is 1. The van der Waals surface area contributed by atoms with Gasteiger partial charge in [0.05, 0.1) is 17.3 Å². The van der Waals surface area contributed by atoms with E-state index in [4.69, 9.17) is 17.3 Å².